The third kappa shape index (κ3) is 3.73. The molecule has 1 aliphatic rings. The minimum Gasteiger partial charge on any atom is -0.385 e. The van der Waals surface area contributed by atoms with Crippen LogP contribution in [0.25, 0.3) is 0 Å². The number of hydrogen-bond acceptors (Lipinski definition) is 3. The van der Waals surface area contributed by atoms with Gasteiger partial charge in [0, 0.05) is 25.5 Å². The molecule has 1 heterocycles. The summed E-state index contributed by atoms with van der Waals surface area (Å²) in [7, 11) is 1.76. The fourth-order valence-corrected chi connectivity index (χ4v) is 3.30. The van der Waals surface area contributed by atoms with Crippen molar-refractivity contribution in [2.45, 2.75) is 18.9 Å². The number of fused-ring (bicyclic) bond motifs is 1. The van der Waals surface area contributed by atoms with Crippen LogP contribution in [-0.2, 0) is 11.2 Å². The molecule has 2 rings (SSSR count). The summed E-state index contributed by atoms with van der Waals surface area (Å²) in [6.45, 7) is 1.88. The van der Waals surface area contributed by atoms with E-state index < -0.39 is 0 Å². The molecule has 0 spiro atoms. The summed E-state index contributed by atoms with van der Waals surface area (Å²) < 4.78 is 5.08. The maximum Gasteiger partial charge on any atom is 0.0474 e. The van der Waals surface area contributed by atoms with Crippen molar-refractivity contribution in [1.82, 2.24) is 5.32 Å². The van der Waals surface area contributed by atoms with Gasteiger partial charge in [0.15, 0.2) is 0 Å². The second-order valence-corrected chi connectivity index (χ2v) is 5.53. The number of nitrogens with one attached hydrogen (secondary N) is 1. The second kappa shape index (κ2) is 7.04. The first-order valence-corrected chi connectivity index (χ1v) is 7.45. The van der Waals surface area contributed by atoms with Crippen molar-refractivity contribution in [1.29, 1.82) is 0 Å². The van der Waals surface area contributed by atoms with E-state index >= 15 is 0 Å². The lowest BCUT2D eigenvalue weighted by atomic mass is 10.00. The molecule has 1 atom stereocenters. The Hall–Kier alpha value is -0.510. The molecule has 1 aromatic carbocycles. The van der Waals surface area contributed by atoms with Crippen molar-refractivity contribution in [2.24, 2.45) is 0 Å². The molecular formula is C14H21NOS. The summed E-state index contributed by atoms with van der Waals surface area (Å²) in [5.74, 6) is 2.43. The van der Waals surface area contributed by atoms with Crippen molar-refractivity contribution >= 4 is 11.8 Å². The average Bonchev–Trinajstić information content (AvgIpc) is 2.57. The predicted molar refractivity (Wildman–Crippen MR) is 74.7 cm³/mol. The van der Waals surface area contributed by atoms with E-state index in [9.17, 15) is 0 Å². The summed E-state index contributed by atoms with van der Waals surface area (Å²) in [6.07, 6.45) is 2.29. The standard InChI is InChI=1S/C14H21NOS/c1-16-9-4-8-15-14-11-17-10-7-12-5-2-3-6-13(12)14/h2-3,5-6,14-15H,4,7-11H2,1H3/t14-/m0/s1. The zero-order valence-electron chi connectivity index (χ0n) is 10.4. The quantitative estimate of drug-likeness (QED) is 0.813. The van der Waals surface area contributed by atoms with E-state index in [1.807, 2.05) is 0 Å². The Bertz CT molecular complexity index is 343. The number of rotatable bonds is 5. The maximum absolute atomic E-state index is 5.08. The summed E-state index contributed by atoms with van der Waals surface area (Å²) >= 11 is 2.05. The van der Waals surface area contributed by atoms with Gasteiger partial charge in [0.2, 0.25) is 0 Å². The van der Waals surface area contributed by atoms with Crippen LogP contribution >= 0.6 is 11.8 Å². The van der Waals surface area contributed by atoms with Gasteiger partial charge in [0.1, 0.15) is 0 Å². The van der Waals surface area contributed by atoms with Gasteiger partial charge in [-0.1, -0.05) is 24.3 Å². The van der Waals surface area contributed by atoms with Gasteiger partial charge in [-0.15, -0.1) is 0 Å². The minimum absolute atomic E-state index is 0.510. The Kier molecular flexibility index (Phi) is 5.36. The largest absolute Gasteiger partial charge is 0.385 e. The van der Waals surface area contributed by atoms with Crippen LogP contribution in [0.2, 0.25) is 0 Å². The molecule has 0 amide bonds. The molecule has 3 heteroatoms. The normalized spacial score (nSPS) is 19.7. The van der Waals surface area contributed by atoms with Crippen LogP contribution in [0.1, 0.15) is 23.6 Å². The average molecular weight is 251 g/mol. The van der Waals surface area contributed by atoms with Crippen LogP contribution < -0.4 is 5.32 Å². The van der Waals surface area contributed by atoms with Gasteiger partial charge in [-0.3, -0.25) is 0 Å². The van der Waals surface area contributed by atoms with Crippen molar-refractivity contribution in [3.63, 3.8) is 0 Å². The van der Waals surface area contributed by atoms with Gasteiger partial charge in [0.05, 0.1) is 0 Å². The Morgan fingerprint density at radius 2 is 2.29 bits per heavy atom. The first-order chi connectivity index (χ1) is 8.42. The predicted octanol–water partition coefficient (Wildman–Crippen LogP) is 2.64. The Balaban J connectivity index is 1.97. The first kappa shape index (κ1) is 12.9. The van der Waals surface area contributed by atoms with Crippen LogP contribution in [0.3, 0.4) is 0 Å². The van der Waals surface area contributed by atoms with Crippen LogP contribution in [-0.4, -0.2) is 31.8 Å². The molecule has 0 saturated carbocycles. The number of aryl methyl sites for hydroxylation is 1. The highest BCUT2D eigenvalue weighted by Crippen LogP contribution is 2.27. The van der Waals surface area contributed by atoms with E-state index in [4.69, 9.17) is 4.74 Å². The monoisotopic (exact) mass is 251 g/mol. The number of methoxy groups -OCH3 is 1. The molecule has 1 aromatic rings. The second-order valence-electron chi connectivity index (χ2n) is 4.38. The van der Waals surface area contributed by atoms with E-state index in [0.717, 1.165) is 19.6 Å². The Labute approximate surface area is 108 Å². The van der Waals surface area contributed by atoms with Gasteiger partial charge in [-0.25, -0.2) is 0 Å². The van der Waals surface area contributed by atoms with Crippen LogP contribution in [0.4, 0.5) is 0 Å². The summed E-state index contributed by atoms with van der Waals surface area (Å²) in [5.41, 5.74) is 3.01. The number of thioether (sulfide) groups is 1. The van der Waals surface area contributed by atoms with Gasteiger partial charge < -0.3 is 10.1 Å². The molecule has 0 radical (unpaired) electrons. The van der Waals surface area contributed by atoms with Crippen LogP contribution in [0.5, 0.6) is 0 Å². The molecule has 0 saturated heterocycles. The van der Waals surface area contributed by atoms with Crippen molar-refractivity contribution in [3.05, 3.63) is 35.4 Å². The third-order valence-electron chi connectivity index (χ3n) is 3.15. The fourth-order valence-electron chi connectivity index (χ4n) is 2.24. The molecule has 0 aliphatic carbocycles. The SMILES string of the molecule is COCCCN[C@H]1CSCCc2ccccc21. The molecule has 0 aromatic heterocycles. The van der Waals surface area contributed by atoms with E-state index in [1.165, 1.54) is 29.1 Å². The van der Waals surface area contributed by atoms with Crippen molar-refractivity contribution in [2.75, 3.05) is 31.8 Å². The van der Waals surface area contributed by atoms with Gasteiger partial charge in [-0.05, 0) is 36.3 Å². The zero-order chi connectivity index (χ0) is 11.9. The molecule has 17 heavy (non-hydrogen) atoms. The highest BCUT2D eigenvalue weighted by atomic mass is 32.2. The minimum atomic E-state index is 0.510. The number of benzene rings is 1. The van der Waals surface area contributed by atoms with E-state index in [1.54, 1.807) is 7.11 Å². The summed E-state index contributed by atoms with van der Waals surface area (Å²) in [4.78, 5) is 0. The van der Waals surface area contributed by atoms with E-state index in [2.05, 4.69) is 41.3 Å². The van der Waals surface area contributed by atoms with Gasteiger partial charge >= 0.3 is 0 Å². The molecule has 2 nitrogen and oxygen atoms in total. The van der Waals surface area contributed by atoms with Crippen molar-refractivity contribution in [3.8, 4) is 0 Å². The highest BCUT2D eigenvalue weighted by molar-refractivity contribution is 7.99. The molecular weight excluding hydrogens is 230 g/mol. The lowest BCUT2D eigenvalue weighted by Gasteiger charge is -2.18. The van der Waals surface area contributed by atoms with E-state index in [-0.39, 0.29) is 0 Å². The summed E-state index contributed by atoms with van der Waals surface area (Å²) in [6, 6.07) is 9.35. The maximum atomic E-state index is 5.08. The fraction of sp³-hybridized carbons (Fsp3) is 0.571. The molecule has 0 bridgehead atoms. The van der Waals surface area contributed by atoms with Gasteiger partial charge in [0.25, 0.3) is 0 Å². The molecule has 1 N–H and O–H groups in total. The number of hydrogen-bond donors (Lipinski definition) is 1. The topological polar surface area (TPSA) is 21.3 Å². The number of ether oxygens (including phenoxy) is 1. The molecule has 1 aliphatic heterocycles. The Morgan fingerprint density at radius 1 is 1.41 bits per heavy atom. The van der Waals surface area contributed by atoms with Crippen LogP contribution in [0.15, 0.2) is 24.3 Å². The first-order valence-electron chi connectivity index (χ1n) is 6.29. The van der Waals surface area contributed by atoms with E-state index in [0.29, 0.717) is 6.04 Å². The molecule has 94 valence electrons. The summed E-state index contributed by atoms with van der Waals surface area (Å²) in [5, 5.41) is 3.65. The van der Waals surface area contributed by atoms with Crippen molar-refractivity contribution < 1.29 is 4.74 Å². The highest BCUT2D eigenvalue weighted by Gasteiger charge is 2.17. The zero-order valence-corrected chi connectivity index (χ0v) is 11.3. The smallest absolute Gasteiger partial charge is 0.0474 e. The lowest BCUT2D eigenvalue weighted by Crippen LogP contribution is -2.25. The van der Waals surface area contributed by atoms with Gasteiger partial charge in [-0.2, -0.15) is 11.8 Å². The lowest BCUT2D eigenvalue weighted by molar-refractivity contribution is 0.193. The molecule has 0 fully saturated rings. The third-order valence-corrected chi connectivity index (χ3v) is 4.21. The molecule has 0 unspecified atom stereocenters. The van der Waals surface area contributed by atoms with Crippen LogP contribution in [0, 0.1) is 0 Å². The Morgan fingerprint density at radius 3 is 3.18 bits per heavy atom.